The summed E-state index contributed by atoms with van der Waals surface area (Å²) in [5.41, 5.74) is 3.54. The minimum absolute atomic E-state index is 0.127. The number of para-hydroxylation sites is 1. The first-order valence-electron chi connectivity index (χ1n) is 8.26. The molecule has 1 saturated heterocycles. The molecule has 0 spiro atoms. The van der Waals surface area contributed by atoms with Gasteiger partial charge in [0.15, 0.2) is 0 Å². The van der Waals surface area contributed by atoms with E-state index in [1.165, 1.54) is 12.4 Å². The van der Waals surface area contributed by atoms with Gasteiger partial charge in [-0.15, -0.1) is 0 Å². The molecule has 0 atom stereocenters. The molecule has 0 aliphatic carbocycles. The Morgan fingerprint density at radius 3 is 2.40 bits per heavy atom. The average molecular weight is 339 g/mol. The van der Waals surface area contributed by atoms with Crippen LogP contribution in [-0.4, -0.2) is 48.0 Å². The van der Waals surface area contributed by atoms with Crippen LogP contribution in [0, 0.1) is 13.8 Å². The zero-order valence-electron chi connectivity index (χ0n) is 14.4. The number of ether oxygens (including phenoxy) is 1. The highest BCUT2D eigenvalue weighted by atomic mass is 16.5. The van der Waals surface area contributed by atoms with Crippen LogP contribution < -0.4 is 5.32 Å². The molecule has 2 amide bonds. The second kappa shape index (κ2) is 7.44. The van der Waals surface area contributed by atoms with E-state index in [-0.39, 0.29) is 11.8 Å². The number of nitrogens with one attached hydrogen (secondary N) is 1. The maximum Gasteiger partial charge on any atom is 0.257 e. The fourth-order valence-corrected chi connectivity index (χ4v) is 2.83. The van der Waals surface area contributed by atoms with Crippen molar-refractivity contribution in [3.05, 3.63) is 58.9 Å². The summed E-state index contributed by atoms with van der Waals surface area (Å²) < 4.78 is 5.26. The van der Waals surface area contributed by atoms with Gasteiger partial charge >= 0.3 is 0 Å². The Labute approximate surface area is 146 Å². The molecule has 2 heterocycles. The van der Waals surface area contributed by atoms with Crippen LogP contribution in [0.5, 0.6) is 0 Å². The van der Waals surface area contributed by atoms with Crippen molar-refractivity contribution in [2.45, 2.75) is 13.8 Å². The maximum absolute atomic E-state index is 12.6. The first-order valence-corrected chi connectivity index (χ1v) is 8.26. The monoisotopic (exact) mass is 339 g/mol. The highest BCUT2D eigenvalue weighted by molar-refractivity contribution is 6.06. The second-order valence-electron chi connectivity index (χ2n) is 6.09. The van der Waals surface area contributed by atoms with Gasteiger partial charge in [-0.05, 0) is 31.0 Å². The van der Waals surface area contributed by atoms with Crippen molar-refractivity contribution in [1.29, 1.82) is 0 Å². The van der Waals surface area contributed by atoms with E-state index in [9.17, 15) is 9.59 Å². The molecule has 6 heteroatoms. The molecule has 0 radical (unpaired) electrons. The number of carbonyl (C=O) groups excluding carboxylic acids is 2. The first kappa shape index (κ1) is 17.1. The minimum Gasteiger partial charge on any atom is -0.378 e. The zero-order chi connectivity index (χ0) is 17.8. The van der Waals surface area contributed by atoms with Crippen LogP contribution in [-0.2, 0) is 4.74 Å². The molecule has 0 bridgehead atoms. The molecule has 2 aromatic rings. The summed E-state index contributed by atoms with van der Waals surface area (Å²) in [5.74, 6) is -0.404. The SMILES string of the molecule is Cc1cccc(C)c1NC(=O)c1cncc(C(=O)N2CCOCC2)c1. The quantitative estimate of drug-likeness (QED) is 0.932. The number of nitrogens with zero attached hydrogens (tertiary/aromatic N) is 2. The Kier molecular flexibility index (Phi) is 5.09. The summed E-state index contributed by atoms with van der Waals surface area (Å²) in [5, 5.41) is 2.92. The van der Waals surface area contributed by atoms with E-state index in [1.54, 1.807) is 11.0 Å². The number of anilines is 1. The number of pyridine rings is 1. The van der Waals surface area contributed by atoms with Crippen molar-refractivity contribution < 1.29 is 14.3 Å². The van der Waals surface area contributed by atoms with Crippen molar-refractivity contribution >= 4 is 17.5 Å². The van der Waals surface area contributed by atoms with E-state index in [0.29, 0.717) is 37.4 Å². The topological polar surface area (TPSA) is 71.5 Å². The maximum atomic E-state index is 12.6. The van der Waals surface area contributed by atoms with E-state index in [2.05, 4.69) is 10.3 Å². The van der Waals surface area contributed by atoms with Crippen LogP contribution in [0.15, 0.2) is 36.7 Å². The molecule has 0 saturated carbocycles. The van der Waals surface area contributed by atoms with Crippen molar-refractivity contribution in [2.75, 3.05) is 31.6 Å². The predicted molar refractivity (Wildman–Crippen MR) is 94.8 cm³/mol. The Morgan fingerprint density at radius 1 is 1.08 bits per heavy atom. The van der Waals surface area contributed by atoms with Gasteiger partial charge in [0.2, 0.25) is 0 Å². The Morgan fingerprint density at radius 2 is 1.72 bits per heavy atom. The molecule has 0 unspecified atom stereocenters. The Hall–Kier alpha value is -2.73. The van der Waals surface area contributed by atoms with Gasteiger partial charge in [-0.2, -0.15) is 0 Å². The van der Waals surface area contributed by atoms with E-state index < -0.39 is 0 Å². The van der Waals surface area contributed by atoms with Gasteiger partial charge in [-0.3, -0.25) is 14.6 Å². The number of rotatable bonds is 3. The number of aromatic nitrogens is 1. The lowest BCUT2D eigenvalue weighted by Crippen LogP contribution is -2.40. The van der Waals surface area contributed by atoms with Gasteiger partial charge in [0.1, 0.15) is 0 Å². The van der Waals surface area contributed by atoms with Gasteiger partial charge in [-0.1, -0.05) is 18.2 Å². The van der Waals surface area contributed by atoms with Crippen LogP contribution in [0.4, 0.5) is 5.69 Å². The summed E-state index contributed by atoms with van der Waals surface area (Å²) in [6, 6.07) is 7.43. The van der Waals surface area contributed by atoms with Gasteiger partial charge in [0, 0.05) is 31.2 Å². The molecule has 1 aliphatic heterocycles. The average Bonchev–Trinajstić information content (AvgIpc) is 2.65. The third kappa shape index (κ3) is 3.85. The van der Waals surface area contributed by atoms with Crippen molar-refractivity contribution in [3.63, 3.8) is 0 Å². The zero-order valence-corrected chi connectivity index (χ0v) is 14.4. The highest BCUT2D eigenvalue weighted by Crippen LogP contribution is 2.20. The molecule has 6 nitrogen and oxygen atoms in total. The number of hydrogen-bond donors (Lipinski definition) is 1. The summed E-state index contributed by atoms with van der Waals surface area (Å²) >= 11 is 0. The summed E-state index contributed by atoms with van der Waals surface area (Å²) in [6.45, 7) is 6.06. The van der Waals surface area contributed by atoms with E-state index in [0.717, 1.165) is 16.8 Å². The molecular formula is C19H21N3O3. The van der Waals surface area contributed by atoms with Crippen LogP contribution in [0.2, 0.25) is 0 Å². The van der Waals surface area contributed by atoms with Crippen LogP contribution >= 0.6 is 0 Å². The van der Waals surface area contributed by atoms with Crippen LogP contribution in [0.1, 0.15) is 31.8 Å². The number of aryl methyl sites for hydroxylation is 2. The standard InChI is InChI=1S/C19H21N3O3/c1-13-4-3-5-14(2)17(13)21-18(23)15-10-16(12-20-11-15)19(24)22-6-8-25-9-7-22/h3-5,10-12H,6-9H2,1-2H3,(H,21,23). The molecule has 1 aromatic carbocycles. The fourth-order valence-electron chi connectivity index (χ4n) is 2.83. The number of hydrogen-bond acceptors (Lipinski definition) is 4. The summed E-state index contributed by atoms with van der Waals surface area (Å²) in [6.07, 6.45) is 2.96. The summed E-state index contributed by atoms with van der Waals surface area (Å²) in [4.78, 5) is 30.9. The first-order chi connectivity index (χ1) is 12.1. The van der Waals surface area contributed by atoms with Crippen molar-refractivity contribution in [3.8, 4) is 0 Å². The number of morpholine rings is 1. The molecule has 3 rings (SSSR count). The fraction of sp³-hybridized carbons (Fsp3) is 0.316. The highest BCUT2D eigenvalue weighted by Gasteiger charge is 2.20. The van der Waals surface area contributed by atoms with Gasteiger partial charge in [-0.25, -0.2) is 0 Å². The molecule has 25 heavy (non-hydrogen) atoms. The van der Waals surface area contributed by atoms with E-state index in [1.807, 2.05) is 32.0 Å². The lowest BCUT2D eigenvalue weighted by Gasteiger charge is -2.26. The lowest BCUT2D eigenvalue weighted by molar-refractivity contribution is 0.0302. The lowest BCUT2D eigenvalue weighted by atomic mass is 10.1. The Bertz CT molecular complexity index is 778. The van der Waals surface area contributed by atoms with Crippen LogP contribution in [0.3, 0.4) is 0 Å². The van der Waals surface area contributed by atoms with E-state index in [4.69, 9.17) is 4.74 Å². The minimum atomic E-state index is -0.276. The van der Waals surface area contributed by atoms with Crippen molar-refractivity contribution in [1.82, 2.24) is 9.88 Å². The molecular weight excluding hydrogens is 318 g/mol. The Balaban J connectivity index is 1.78. The number of benzene rings is 1. The second-order valence-corrected chi connectivity index (χ2v) is 6.09. The number of carbonyl (C=O) groups is 2. The normalized spacial score (nSPS) is 14.2. The molecule has 1 fully saturated rings. The molecule has 1 N–H and O–H groups in total. The third-order valence-electron chi connectivity index (χ3n) is 4.27. The van der Waals surface area contributed by atoms with Gasteiger partial charge < -0.3 is 15.0 Å². The van der Waals surface area contributed by atoms with Crippen LogP contribution in [0.25, 0.3) is 0 Å². The summed E-state index contributed by atoms with van der Waals surface area (Å²) in [7, 11) is 0. The largest absolute Gasteiger partial charge is 0.378 e. The predicted octanol–water partition coefficient (Wildman–Crippen LogP) is 2.42. The van der Waals surface area contributed by atoms with Gasteiger partial charge in [0.25, 0.3) is 11.8 Å². The van der Waals surface area contributed by atoms with Gasteiger partial charge in [0.05, 0.1) is 24.3 Å². The molecule has 1 aromatic heterocycles. The number of amides is 2. The molecule has 130 valence electrons. The third-order valence-corrected chi connectivity index (χ3v) is 4.27. The van der Waals surface area contributed by atoms with Crippen molar-refractivity contribution in [2.24, 2.45) is 0 Å². The smallest absolute Gasteiger partial charge is 0.257 e. The van der Waals surface area contributed by atoms with E-state index >= 15 is 0 Å². The molecule has 1 aliphatic rings.